The first kappa shape index (κ1) is 12.8. The van der Waals surface area contributed by atoms with Crippen LogP contribution in [0, 0.1) is 0 Å². The van der Waals surface area contributed by atoms with Crippen molar-refractivity contribution >= 4 is 10.9 Å². The summed E-state index contributed by atoms with van der Waals surface area (Å²) in [5.74, 6) is 0. The van der Waals surface area contributed by atoms with E-state index in [-0.39, 0.29) is 5.54 Å². The van der Waals surface area contributed by atoms with Crippen LogP contribution in [0.4, 0.5) is 0 Å². The molecular formula is C12H19N4O2+. The van der Waals surface area contributed by atoms with Gasteiger partial charge in [0.15, 0.2) is 6.10 Å². The molecule has 1 atom stereocenters. The van der Waals surface area contributed by atoms with Crippen molar-refractivity contribution in [3.05, 3.63) is 24.2 Å². The van der Waals surface area contributed by atoms with Crippen LogP contribution in [-0.4, -0.2) is 32.6 Å². The fraction of sp³-hybridized carbons (Fsp3) is 0.500. The van der Waals surface area contributed by atoms with Gasteiger partial charge >= 0.3 is 0 Å². The molecule has 0 saturated carbocycles. The zero-order chi connectivity index (χ0) is 13.3. The van der Waals surface area contributed by atoms with Crippen molar-refractivity contribution in [2.45, 2.75) is 32.4 Å². The second-order valence-corrected chi connectivity index (χ2v) is 5.39. The summed E-state index contributed by atoms with van der Waals surface area (Å²) in [5.41, 5.74) is 1.12. The molecule has 2 aromatic heterocycles. The van der Waals surface area contributed by atoms with Crippen LogP contribution >= 0.6 is 0 Å². The molecule has 18 heavy (non-hydrogen) atoms. The third-order valence-electron chi connectivity index (χ3n) is 2.72. The molecule has 6 heteroatoms. The summed E-state index contributed by atoms with van der Waals surface area (Å²) < 4.78 is 0.937. The molecule has 0 radical (unpaired) electrons. The molecule has 0 fully saturated rings. The molecular weight excluding hydrogens is 232 g/mol. The fourth-order valence-electron chi connectivity index (χ4n) is 1.81. The topological polar surface area (TPSA) is 85.0 Å². The van der Waals surface area contributed by atoms with E-state index in [9.17, 15) is 10.3 Å². The van der Waals surface area contributed by atoms with Crippen molar-refractivity contribution in [3.8, 4) is 0 Å². The number of aliphatic hydroxyl groups excluding tert-OH is 1. The second-order valence-electron chi connectivity index (χ2n) is 5.39. The molecule has 0 aliphatic carbocycles. The number of aromatic amines is 1. The van der Waals surface area contributed by atoms with Gasteiger partial charge in [-0.15, -0.1) is 0 Å². The minimum Gasteiger partial charge on any atom is -0.380 e. The van der Waals surface area contributed by atoms with E-state index in [0.717, 1.165) is 10.2 Å². The van der Waals surface area contributed by atoms with Crippen LogP contribution in [-0.2, 0) is 0 Å². The Labute approximate surface area is 105 Å². The van der Waals surface area contributed by atoms with Crippen LogP contribution < -0.4 is 10.0 Å². The summed E-state index contributed by atoms with van der Waals surface area (Å²) in [6.07, 6.45) is 2.27. The summed E-state index contributed by atoms with van der Waals surface area (Å²) in [7, 11) is 0. The Balaban J connectivity index is 2.29. The summed E-state index contributed by atoms with van der Waals surface area (Å²) in [4.78, 5) is 0. The Morgan fingerprint density at radius 2 is 2.22 bits per heavy atom. The van der Waals surface area contributed by atoms with Crippen LogP contribution in [0.15, 0.2) is 18.5 Å². The highest BCUT2D eigenvalue weighted by Crippen LogP contribution is 2.18. The van der Waals surface area contributed by atoms with Crippen molar-refractivity contribution in [2.75, 3.05) is 6.54 Å². The second kappa shape index (κ2) is 4.55. The van der Waals surface area contributed by atoms with Crippen LogP contribution in [0.1, 0.15) is 32.6 Å². The quantitative estimate of drug-likeness (QED) is 0.473. The van der Waals surface area contributed by atoms with Gasteiger partial charge in [-0.3, -0.25) is 10.3 Å². The Hall–Kier alpha value is -1.66. The zero-order valence-corrected chi connectivity index (χ0v) is 10.8. The third-order valence-corrected chi connectivity index (χ3v) is 2.72. The predicted octanol–water partition coefficient (Wildman–Crippen LogP) is 0.509. The number of aliphatic hydroxyl groups is 1. The zero-order valence-electron chi connectivity index (χ0n) is 10.8. The van der Waals surface area contributed by atoms with Gasteiger partial charge in [0.25, 0.3) is 5.69 Å². The number of hydrogen-bond acceptors (Lipinski definition) is 4. The molecule has 2 rings (SSSR count). The molecule has 0 unspecified atom stereocenters. The maximum absolute atomic E-state index is 10.2. The SMILES string of the molecule is CC(C)(C)NC[C@H](O)c1c2cn[nH]c2cc[n+]1O. The molecule has 2 aromatic rings. The summed E-state index contributed by atoms with van der Waals surface area (Å²) in [6.45, 7) is 6.41. The van der Waals surface area contributed by atoms with Gasteiger partial charge in [0.05, 0.1) is 17.1 Å². The van der Waals surface area contributed by atoms with E-state index >= 15 is 0 Å². The maximum atomic E-state index is 10.2. The molecule has 0 aliphatic heterocycles. The number of nitrogens with one attached hydrogen (secondary N) is 2. The monoisotopic (exact) mass is 251 g/mol. The van der Waals surface area contributed by atoms with Crippen LogP contribution in [0.3, 0.4) is 0 Å². The minimum atomic E-state index is -0.810. The standard InChI is InChI=1S/C12H18N4O2/c1-12(2,3)13-7-10(17)11-8-6-14-15-9(8)4-5-16(11)18/h4-6,10,13,17-18H,7H2,1-3H3/p+1/t10-/m0/s1. The number of H-pyrrole nitrogens is 1. The van der Waals surface area contributed by atoms with Crippen LogP contribution in [0.5, 0.6) is 0 Å². The maximum Gasteiger partial charge on any atom is 0.274 e. The minimum absolute atomic E-state index is 0.0917. The van der Waals surface area contributed by atoms with E-state index < -0.39 is 6.10 Å². The van der Waals surface area contributed by atoms with Gasteiger partial charge < -0.3 is 10.4 Å². The lowest BCUT2D eigenvalue weighted by Gasteiger charge is -2.21. The average molecular weight is 251 g/mol. The number of β-amino-alcohol motifs (C(OH)–C–C–N with tert-alkyl or cyclic N) is 1. The van der Waals surface area contributed by atoms with Gasteiger partial charge in [-0.2, -0.15) is 5.10 Å². The Morgan fingerprint density at radius 1 is 1.50 bits per heavy atom. The van der Waals surface area contributed by atoms with E-state index in [1.807, 2.05) is 20.8 Å². The first-order valence-electron chi connectivity index (χ1n) is 5.88. The van der Waals surface area contributed by atoms with Crippen LogP contribution in [0.25, 0.3) is 10.9 Å². The van der Waals surface area contributed by atoms with Gasteiger partial charge in [-0.1, -0.05) is 0 Å². The Kier molecular flexibility index (Phi) is 3.23. The first-order valence-corrected chi connectivity index (χ1v) is 5.88. The van der Waals surface area contributed by atoms with E-state index in [0.29, 0.717) is 17.6 Å². The average Bonchev–Trinajstić information content (AvgIpc) is 2.72. The van der Waals surface area contributed by atoms with Gasteiger partial charge in [-0.25, -0.2) is 0 Å². The third kappa shape index (κ3) is 2.60. The Morgan fingerprint density at radius 3 is 2.89 bits per heavy atom. The molecule has 0 bridgehead atoms. The van der Waals surface area contributed by atoms with Gasteiger partial charge in [0.2, 0.25) is 6.20 Å². The van der Waals surface area contributed by atoms with Gasteiger partial charge in [0, 0.05) is 22.9 Å². The lowest BCUT2D eigenvalue weighted by Crippen LogP contribution is -2.43. The molecule has 0 aromatic carbocycles. The lowest BCUT2D eigenvalue weighted by atomic mass is 10.1. The molecule has 4 N–H and O–H groups in total. The number of pyridine rings is 1. The number of aromatic nitrogens is 3. The first-order chi connectivity index (χ1) is 8.38. The van der Waals surface area contributed by atoms with Crippen molar-refractivity contribution in [2.24, 2.45) is 0 Å². The molecule has 0 saturated heterocycles. The summed E-state index contributed by atoms with van der Waals surface area (Å²) in [5, 5.41) is 30.6. The van der Waals surface area contributed by atoms with E-state index in [4.69, 9.17) is 0 Å². The van der Waals surface area contributed by atoms with Gasteiger partial charge in [0.1, 0.15) is 0 Å². The molecule has 0 aliphatic rings. The molecule has 0 amide bonds. The summed E-state index contributed by atoms with van der Waals surface area (Å²) >= 11 is 0. The molecule has 98 valence electrons. The number of fused-ring (bicyclic) bond motifs is 1. The number of hydrogen-bond donors (Lipinski definition) is 4. The largest absolute Gasteiger partial charge is 0.380 e. The van der Waals surface area contributed by atoms with Crippen molar-refractivity contribution in [3.63, 3.8) is 0 Å². The van der Waals surface area contributed by atoms with Crippen molar-refractivity contribution in [1.82, 2.24) is 15.5 Å². The van der Waals surface area contributed by atoms with E-state index in [1.165, 1.54) is 6.20 Å². The normalized spacial score (nSPS) is 14.0. The van der Waals surface area contributed by atoms with Crippen molar-refractivity contribution in [1.29, 1.82) is 0 Å². The molecule has 6 nitrogen and oxygen atoms in total. The Bertz CT molecular complexity index is 544. The summed E-state index contributed by atoms with van der Waals surface area (Å²) in [6, 6.07) is 1.70. The van der Waals surface area contributed by atoms with Gasteiger partial charge in [-0.05, 0) is 20.8 Å². The number of nitrogens with zero attached hydrogens (tertiary/aromatic N) is 2. The van der Waals surface area contributed by atoms with E-state index in [2.05, 4.69) is 15.5 Å². The van der Waals surface area contributed by atoms with Crippen molar-refractivity contribution < 1.29 is 15.0 Å². The fourth-order valence-corrected chi connectivity index (χ4v) is 1.81. The molecule has 2 heterocycles. The smallest absolute Gasteiger partial charge is 0.274 e. The highest BCUT2D eigenvalue weighted by molar-refractivity contribution is 5.79. The predicted molar refractivity (Wildman–Crippen MR) is 66.2 cm³/mol. The molecule has 0 spiro atoms. The highest BCUT2D eigenvalue weighted by atomic mass is 16.5. The van der Waals surface area contributed by atoms with Crippen LogP contribution in [0.2, 0.25) is 0 Å². The van der Waals surface area contributed by atoms with E-state index in [1.54, 1.807) is 12.3 Å². The lowest BCUT2D eigenvalue weighted by molar-refractivity contribution is -0.910. The number of rotatable bonds is 3. The highest BCUT2D eigenvalue weighted by Gasteiger charge is 2.26.